The van der Waals surface area contributed by atoms with Gasteiger partial charge in [-0.15, -0.1) is 0 Å². The molecule has 4 N–H and O–H groups in total. The highest BCUT2D eigenvalue weighted by molar-refractivity contribution is 5.96. The number of carbonyl (C=O) groups excluding carboxylic acids is 1. The van der Waals surface area contributed by atoms with E-state index in [1.54, 1.807) is 36.5 Å². The lowest BCUT2D eigenvalue weighted by molar-refractivity contribution is 0.0997. The Balaban J connectivity index is 1.45. The molecule has 7 heteroatoms. The van der Waals surface area contributed by atoms with Gasteiger partial charge in [-0.3, -0.25) is 4.79 Å². The van der Waals surface area contributed by atoms with Gasteiger partial charge in [-0.25, -0.2) is 4.98 Å². The fourth-order valence-electron chi connectivity index (χ4n) is 3.30. The lowest BCUT2D eigenvalue weighted by Gasteiger charge is -2.24. The van der Waals surface area contributed by atoms with Gasteiger partial charge in [0.05, 0.1) is 11.9 Å². The van der Waals surface area contributed by atoms with E-state index in [2.05, 4.69) is 15.6 Å². The number of nitrogens with two attached hydrogens (primary N) is 1. The van der Waals surface area contributed by atoms with Gasteiger partial charge in [0.25, 0.3) is 5.91 Å². The highest BCUT2D eigenvalue weighted by Gasteiger charge is 2.17. The van der Waals surface area contributed by atoms with Crippen LogP contribution in [0.2, 0.25) is 0 Å². The second-order valence-corrected chi connectivity index (χ2v) is 7.10. The van der Waals surface area contributed by atoms with Crippen LogP contribution >= 0.6 is 0 Å². The topological polar surface area (TPSA) is 98.5 Å². The lowest BCUT2D eigenvalue weighted by Crippen LogP contribution is -2.35. The SMILES string of the molecule is NC(=O)c1cc(NC2CCNCC2)cnc1Oc1ccc(Oc2ccccc2)cc1. The number of nitrogens with zero attached hydrogens (tertiary/aromatic N) is 1. The predicted molar refractivity (Wildman–Crippen MR) is 115 cm³/mol. The van der Waals surface area contributed by atoms with Crippen molar-refractivity contribution >= 4 is 11.6 Å². The first kappa shape index (κ1) is 19.7. The summed E-state index contributed by atoms with van der Waals surface area (Å²) in [5.74, 6) is 1.55. The molecule has 0 unspecified atom stereocenters. The van der Waals surface area contributed by atoms with E-state index in [1.807, 2.05) is 30.3 Å². The molecule has 0 saturated carbocycles. The van der Waals surface area contributed by atoms with Crippen LogP contribution in [0.5, 0.6) is 23.1 Å². The van der Waals surface area contributed by atoms with Crippen molar-refractivity contribution in [2.45, 2.75) is 18.9 Å². The molecule has 154 valence electrons. The number of hydrogen-bond acceptors (Lipinski definition) is 6. The van der Waals surface area contributed by atoms with E-state index >= 15 is 0 Å². The average Bonchev–Trinajstić information content (AvgIpc) is 2.77. The zero-order chi connectivity index (χ0) is 20.8. The first-order valence-electron chi connectivity index (χ1n) is 9.95. The smallest absolute Gasteiger partial charge is 0.254 e. The van der Waals surface area contributed by atoms with Crippen LogP contribution in [0.15, 0.2) is 66.9 Å². The molecule has 0 radical (unpaired) electrons. The van der Waals surface area contributed by atoms with E-state index in [4.69, 9.17) is 15.2 Å². The Labute approximate surface area is 175 Å². The maximum absolute atomic E-state index is 12.0. The van der Waals surface area contributed by atoms with Gasteiger partial charge in [-0.05, 0) is 68.4 Å². The van der Waals surface area contributed by atoms with Crippen LogP contribution in [0.1, 0.15) is 23.2 Å². The summed E-state index contributed by atoms with van der Waals surface area (Å²) in [4.78, 5) is 16.3. The Morgan fingerprint density at radius 3 is 2.27 bits per heavy atom. The Morgan fingerprint density at radius 1 is 0.967 bits per heavy atom. The summed E-state index contributed by atoms with van der Waals surface area (Å²) in [6.07, 6.45) is 3.69. The number of nitrogens with one attached hydrogen (secondary N) is 2. The number of pyridine rings is 1. The van der Waals surface area contributed by atoms with Gasteiger partial charge in [-0.2, -0.15) is 0 Å². The van der Waals surface area contributed by atoms with Gasteiger partial charge >= 0.3 is 0 Å². The van der Waals surface area contributed by atoms with Gasteiger partial charge in [0.15, 0.2) is 0 Å². The largest absolute Gasteiger partial charge is 0.457 e. The third-order valence-corrected chi connectivity index (χ3v) is 4.84. The molecule has 1 fully saturated rings. The standard InChI is InChI=1S/C23H24N4O3/c24-22(28)21-14-17(27-16-10-12-25-13-11-16)15-26-23(21)30-20-8-6-19(7-9-20)29-18-4-2-1-3-5-18/h1-9,14-16,25,27H,10-13H2,(H2,24,28). The molecule has 0 atom stereocenters. The molecule has 1 aromatic heterocycles. The maximum atomic E-state index is 12.0. The molecule has 1 saturated heterocycles. The number of ether oxygens (including phenoxy) is 2. The molecule has 4 rings (SSSR count). The Morgan fingerprint density at radius 2 is 1.60 bits per heavy atom. The van der Waals surface area contributed by atoms with E-state index in [-0.39, 0.29) is 11.4 Å². The quantitative estimate of drug-likeness (QED) is 0.552. The molecule has 2 aromatic carbocycles. The summed E-state index contributed by atoms with van der Waals surface area (Å²) < 4.78 is 11.6. The van der Waals surface area contributed by atoms with Gasteiger partial charge in [0.1, 0.15) is 22.8 Å². The first-order chi connectivity index (χ1) is 14.7. The number of anilines is 1. The van der Waals surface area contributed by atoms with Crippen molar-refractivity contribution in [3.8, 4) is 23.1 Å². The highest BCUT2D eigenvalue weighted by atomic mass is 16.5. The summed E-state index contributed by atoms with van der Waals surface area (Å²) in [5.41, 5.74) is 6.56. The molecular weight excluding hydrogens is 380 g/mol. The molecule has 3 aromatic rings. The number of amides is 1. The van der Waals surface area contributed by atoms with Crippen molar-refractivity contribution in [2.75, 3.05) is 18.4 Å². The first-order valence-corrected chi connectivity index (χ1v) is 9.95. The van der Waals surface area contributed by atoms with Crippen molar-refractivity contribution in [1.29, 1.82) is 0 Å². The van der Waals surface area contributed by atoms with Gasteiger partial charge in [-0.1, -0.05) is 18.2 Å². The second kappa shape index (κ2) is 9.28. The Bertz CT molecular complexity index is 987. The third-order valence-electron chi connectivity index (χ3n) is 4.84. The van der Waals surface area contributed by atoms with Crippen LogP contribution in [-0.2, 0) is 0 Å². The number of hydrogen-bond donors (Lipinski definition) is 3. The number of piperidine rings is 1. The second-order valence-electron chi connectivity index (χ2n) is 7.10. The number of benzene rings is 2. The fourth-order valence-corrected chi connectivity index (χ4v) is 3.30. The lowest BCUT2D eigenvalue weighted by atomic mass is 10.1. The molecule has 1 amide bonds. The number of carbonyl (C=O) groups is 1. The summed E-state index contributed by atoms with van der Waals surface area (Å²) in [5, 5.41) is 6.74. The minimum Gasteiger partial charge on any atom is -0.457 e. The van der Waals surface area contributed by atoms with Gasteiger partial charge in [0.2, 0.25) is 5.88 Å². The van der Waals surface area contributed by atoms with Crippen LogP contribution in [0.4, 0.5) is 5.69 Å². The van der Waals surface area contributed by atoms with Gasteiger partial charge < -0.3 is 25.8 Å². The number of rotatable bonds is 7. The zero-order valence-electron chi connectivity index (χ0n) is 16.5. The third kappa shape index (κ3) is 5.07. The molecule has 1 aliphatic heterocycles. The Hall–Kier alpha value is -3.58. The Kier molecular flexibility index (Phi) is 6.10. The average molecular weight is 404 g/mol. The minimum atomic E-state index is -0.588. The molecule has 7 nitrogen and oxygen atoms in total. The highest BCUT2D eigenvalue weighted by Crippen LogP contribution is 2.28. The molecule has 0 aliphatic carbocycles. The zero-order valence-corrected chi connectivity index (χ0v) is 16.5. The maximum Gasteiger partial charge on any atom is 0.254 e. The number of aromatic nitrogens is 1. The minimum absolute atomic E-state index is 0.176. The van der Waals surface area contributed by atoms with E-state index in [1.165, 1.54) is 0 Å². The molecule has 0 bridgehead atoms. The molecule has 0 spiro atoms. The predicted octanol–water partition coefficient (Wildman–Crippen LogP) is 3.93. The number of para-hydroxylation sites is 1. The van der Waals surface area contributed by atoms with Crippen molar-refractivity contribution in [3.63, 3.8) is 0 Å². The van der Waals surface area contributed by atoms with Gasteiger partial charge in [0, 0.05) is 6.04 Å². The van der Waals surface area contributed by atoms with E-state index < -0.39 is 5.91 Å². The monoisotopic (exact) mass is 404 g/mol. The fraction of sp³-hybridized carbons (Fsp3) is 0.217. The van der Waals surface area contributed by atoms with Crippen molar-refractivity contribution < 1.29 is 14.3 Å². The van der Waals surface area contributed by atoms with Crippen molar-refractivity contribution in [3.05, 3.63) is 72.4 Å². The normalized spacial score (nSPS) is 14.1. The van der Waals surface area contributed by atoms with Crippen LogP contribution in [-0.4, -0.2) is 30.0 Å². The molecule has 1 aliphatic rings. The summed E-state index contributed by atoms with van der Waals surface area (Å²) in [6, 6.07) is 18.6. The van der Waals surface area contributed by atoms with E-state index in [0.29, 0.717) is 17.5 Å². The molecule has 2 heterocycles. The van der Waals surface area contributed by atoms with Crippen LogP contribution < -0.4 is 25.8 Å². The van der Waals surface area contributed by atoms with Crippen molar-refractivity contribution in [1.82, 2.24) is 10.3 Å². The van der Waals surface area contributed by atoms with Crippen LogP contribution in [0.25, 0.3) is 0 Å². The summed E-state index contributed by atoms with van der Waals surface area (Å²) in [6.45, 7) is 1.94. The van der Waals surface area contributed by atoms with Crippen LogP contribution in [0.3, 0.4) is 0 Å². The summed E-state index contributed by atoms with van der Waals surface area (Å²) in [7, 11) is 0. The number of primary amides is 1. The van der Waals surface area contributed by atoms with Crippen LogP contribution in [0, 0.1) is 0 Å². The molecular formula is C23H24N4O3. The van der Waals surface area contributed by atoms with E-state index in [0.717, 1.165) is 37.4 Å². The summed E-state index contributed by atoms with van der Waals surface area (Å²) >= 11 is 0. The van der Waals surface area contributed by atoms with Crippen molar-refractivity contribution in [2.24, 2.45) is 5.73 Å². The van der Waals surface area contributed by atoms with E-state index in [9.17, 15) is 4.79 Å². The molecule has 30 heavy (non-hydrogen) atoms.